The highest BCUT2D eigenvalue weighted by Gasteiger charge is 2.26. The van der Waals surface area contributed by atoms with Gasteiger partial charge in [0.1, 0.15) is 6.23 Å². The summed E-state index contributed by atoms with van der Waals surface area (Å²) >= 11 is 1.60. The second kappa shape index (κ2) is 3.33. The number of fused-ring (bicyclic) bond motifs is 1. The maximum absolute atomic E-state index is 9.51. The van der Waals surface area contributed by atoms with Gasteiger partial charge in [0.25, 0.3) is 0 Å². The van der Waals surface area contributed by atoms with Gasteiger partial charge in [-0.15, -0.1) is 0 Å². The Hall–Kier alpha value is -0.740. The molecule has 0 aromatic carbocycles. The number of hydrogen-bond acceptors (Lipinski definition) is 4. The van der Waals surface area contributed by atoms with E-state index in [1.165, 1.54) is 0 Å². The number of allylic oxidation sites excluding steroid dienone is 2. The standard InChI is InChI=1S/C8H10N2OS/c11-7-6-12-8-9-4-2-1-3-5-10(7)8/h1-4,7,11H,5-6H2. The first-order valence-corrected chi connectivity index (χ1v) is 4.83. The summed E-state index contributed by atoms with van der Waals surface area (Å²) in [6.45, 7) is 0.747. The van der Waals surface area contributed by atoms with Gasteiger partial charge in [-0.05, 0) is 6.08 Å². The number of amidine groups is 1. The summed E-state index contributed by atoms with van der Waals surface area (Å²) in [6, 6.07) is 0. The molecule has 0 aromatic heterocycles. The van der Waals surface area contributed by atoms with Gasteiger partial charge in [0.2, 0.25) is 0 Å². The topological polar surface area (TPSA) is 35.8 Å². The normalized spacial score (nSPS) is 27.9. The molecule has 3 nitrogen and oxygen atoms in total. The Morgan fingerprint density at radius 1 is 1.58 bits per heavy atom. The van der Waals surface area contributed by atoms with Crippen LogP contribution < -0.4 is 0 Å². The van der Waals surface area contributed by atoms with Gasteiger partial charge in [-0.3, -0.25) is 0 Å². The molecule has 0 saturated carbocycles. The molecule has 1 unspecified atom stereocenters. The quantitative estimate of drug-likeness (QED) is 0.601. The molecule has 64 valence electrons. The molecular formula is C8H10N2OS. The van der Waals surface area contributed by atoms with Crippen LogP contribution in [0.3, 0.4) is 0 Å². The monoisotopic (exact) mass is 182 g/mol. The zero-order valence-electron chi connectivity index (χ0n) is 6.55. The Bertz CT molecular complexity index is 260. The number of hydrogen-bond donors (Lipinski definition) is 1. The maximum Gasteiger partial charge on any atom is 0.166 e. The van der Waals surface area contributed by atoms with Crippen molar-refractivity contribution >= 4 is 16.9 Å². The van der Waals surface area contributed by atoms with E-state index < -0.39 is 0 Å². The maximum atomic E-state index is 9.51. The Kier molecular flexibility index (Phi) is 2.19. The molecule has 4 heteroatoms. The van der Waals surface area contributed by atoms with Gasteiger partial charge in [-0.1, -0.05) is 23.9 Å². The lowest BCUT2D eigenvalue weighted by molar-refractivity contribution is 0.0903. The molecule has 2 aliphatic rings. The third-order valence-electron chi connectivity index (χ3n) is 1.79. The Labute approximate surface area is 75.5 Å². The molecule has 12 heavy (non-hydrogen) atoms. The predicted octanol–water partition coefficient (Wildman–Crippen LogP) is 0.793. The van der Waals surface area contributed by atoms with Crippen molar-refractivity contribution in [3.63, 3.8) is 0 Å². The van der Waals surface area contributed by atoms with Crippen molar-refractivity contribution in [3.8, 4) is 0 Å². The molecule has 0 spiro atoms. The fraction of sp³-hybridized carbons (Fsp3) is 0.375. The largest absolute Gasteiger partial charge is 0.373 e. The van der Waals surface area contributed by atoms with E-state index >= 15 is 0 Å². The molecule has 0 aliphatic carbocycles. The highest BCUT2D eigenvalue weighted by molar-refractivity contribution is 8.14. The average molecular weight is 182 g/mol. The van der Waals surface area contributed by atoms with Crippen molar-refractivity contribution in [1.29, 1.82) is 0 Å². The van der Waals surface area contributed by atoms with Gasteiger partial charge in [0.15, 0.2) is 5.17 Å². The first kappa shape index (κ1) is 7.89. The van der Waals surface area contributed by atoms with Crippen molar-refractivity contribution in [2.24, 2.45) is 4.99 Å². The minimum Gasteiger partial charge on any atom is -0.373 e. The van der Waals surface area contributed by atoms with E-state index in [2.05, 4.69) is 4.99 Å². The van der Waals surface area contributed by atoms with E-state index in [1.54, 1.807) is 18.0 Å². The van der Waals surface area contributed by atoms with Crippen LogP contribution in [0.4, 0.5) is 0 Å². The first-order chi connectivity index (χ1) is 5.88. The van der Waals surface area contributed by atoms with E-state index in [0.29, 0.717) is 0 Å². The molecule has 1 saturated heterocycles. The molecule has 1 atom stereocenters. The van der Waals surface area contributed by atoms with E-state index in [1.807, 2.05) is 23.1 Å². The van der Waals surface area contributed by atoms with Crippen LogP contribution in [0.5, 0.6) is 0 Å². The number of rotatable bonds is 0. The van der Waals surface area contributed by atoms with E-state index in [0.717, 1.165) is 17.5 Å². The van der Waals surface area contributed by atoms with Gasteiger partial charge in [0, 0.05) is 18.5 Å². The fourth-order valence-corrected chi connectivity index (χ4v) is 2.15. The summed E-state index contributed by atoms with van der Waals surface area (Å²) in [7, 11) is 0. The van der Waals surface area contributed by atoms with Gasteiger partial charge < -0.3 is 10.0 Å². The molecule has 0 radical (unpaired) electrons. The minimum absolute atomic E-state index is 0.370. The lowest BCUT2D eigenvalue weighted by Gasteiger charge is -2.19. The zero-order chi connectivity index (χ0) is 8.39. The van der Waals surface area contributed by atoms with Crippen LogP contribution >= 0.6 is 11.8 Å². The van der Waals surface area contributed by atoms with Crippen LogP contribution in [0.2, 0.25) is 0 Å². The van der Waals surface area contributed by atoms with E-state index in [-0.39, 0.29) is 6.23 Å². The van der Waals surface area contributed by atoms with Crippen molar-refractivity contribution in [3.05, 3.63) is 24.4 Å². The molecule has 1 fully saturated rings. The summed E-state index contributed by atoms with van der Waals surface area (Å²) in [5.41, 5.74) is 0. The van der Waals surface area contributed by atoms with Crippen LogP contribution in [-0.4, -0.2) is 33.7 Å². The predicted molar refractivity (Wildman–Crippen MR) is 50.9 cm³/mol. The number of nitrogens with zero attached hydrogens (tertiary/aromatic N) is 2. The van der Waals surface area contributed by atoms with Gasteiger partial charge in [-0.2, -0.15) is 0 Å². The summed E-state index contributed by atoms with van der Waals surface area (Å²) in [5.74, 6) is 0.723. The summed E-state index contributed by atoms with van der Waals surface area (Å²) in [6.07, 6.45) is 7.24. The highest BCUT2D eigenvalue weighted by Crippen LogP contribution is 2.22. The van der Waals surface area contributed by atoms with Crippen molar-refractivity contribution in [1.82, 2.24) is 4.90 Å². The van der Waals surface area contributed by atoms with Crippen LogP contribution in [-0.2, 0) is 0 Å². The number of aliphatic hydroxyl groups excluding tert-OH is 1. The SMILES string of the molecule is OC1CSC2=NC=CC=CCN21. The van der Waals surface area contributed by atoms with E-state index in [4.69, 9.17) is 0 Å². The zero-order valence-corrected chi connectivity index (χ0v) is 7.37. The summed E-state index contributed by atoms with van der Waals surface area (Å²) in [4.78, 5) is 6.10. The first-order valence-electron chi connectivity index (χ1n) is 3.85. The van der Waals surface area contributed by atoms with Gasteiger partial charge in [0.05, 0.1) is 0 Å². The molecule has 0 amide bonds. The molecule has 0 bridgehead atoms. The summed E-state index contributed by atoms with van der Waals surface area (Å²) in [5, 5.41) is 10.4. The van der Waals surface area contributed by atoms with Crippen LogP contribution in [0.15, 0.2) is 29.4 Å². The molecule has 2 heterocycles. The average Bonchev–Trinajstić information content (AvgIpc) is 2.31. The lowest BCUT2D eigenvalue weighted by atomic mass is 10.4. The van der Waals surface area contributed by atoms with Crippen molar-refractivity contribution in [2.45, 2.75) is 6.23 Å². The smallest absolute Gasteiger partial charge is 0.166 e. The van der Waals surface area contributed by atoms with E-state index in [9.17, 15) is 5.11 Å². The molecule has 2 aliphatic heterocycles. The number of aliphatic hydroxyl groups is 1. The second-order valence-electron chi connectivity index (χ2n) is 2.63. The lowest BCUT2D eigenvalue weighted by Crippen LogP contribution is -2.33. The fourth-order valence-electron chi connectivity index (χ4n) is 1.17. The Balaban J connectivity index is 2.24. The van der Waals surface area contributed by atoms with Crippen molar-refractivity contribution in [2.75, 3.05) is 12.3 Å². The molecule has 0 aromatic rings. The second-order valence-corrected chi connectivity index (χ2v) is 3.61. The van der Waals surface area contributed by atoms with Crippen LogP contribution in [0, 0.1) is 0 Å². The highest BCUT2D eigenvalue weighted by atomic mass is 32.2. The van der Waals surface area contributed by atoms with Gasteiger partial charge >= 0.3 is 0 Å². The Morgan fingerprint density at radius 3 is 3.42 bits per heavy atom. The molecule has 2 rings (SSSR count). The van der Waals surface area contributed by atoms with Crippen molar-refractivity contribution < 1.29 is 5.11 Å². The Morgan fingerprint density at radius 2 is 2.50 bits per heavy atom. The minimum atomic E-state index is -0.370. The molecule has 1 N–H and O–H groups in total. The number of aliphatic imine (C=N–C) groups is 1. The number of thioether (sulfide) groups is 1. The van der Waals surface area contributed by atoms with Crippen LogP contribution in [0.25, 0.3) is 0 Å². The molecular weight excluding hydrogens is 172 g/mol. The third kappa shape index (κ3) is 1.40. The summed E-state index contributed by atoms with van der Waals surface area (Å²) < 4.78 is 0. The van der Waals surface area contributed by atoms with Crippen LogP contribution in [0.1, 0.15) is 0 Å². The third-order valence-corrected chi connectivity index (χ3v) is 2.85. The van der Waals surface area contributed by atoms with Gasteiger partial charge in [-0.25, -0.2) is 4.99 Å².